The summed E-state index contributed by atoms with van der Waals surface area (Å²) in [6.45, 7) is 14.2. The zero-order valence-corrected chi connectivity index (χ0v) is 41.1. The van der Waals surface area contributed by atoms with E-state index in [1.54, 1.807) is 22.7 Å². The van der Waals surface area contributed by atoms with Gasteiger partial charge in [-0.3, -0.25) is 9.59 Å². The molecule has 4 amide bonds. The van der Waals surface area contributed by atoms with Gasteiger partial charge in [0, 0.05) is 34.9 Å². The van der Waals surface area contributed by atoms with Crippen LogP contribution in [-0.4, -0.2) is 64.9 Å². The molecule has 5 N–H and O–H groups in total. The van der Waals surface area contributed by atoms with Crippen LogP contribution in [0.2, 0.25) is 0 Å². The van der Waals surface area contributed by atoms with E-state index in [1.165, 1.54) is 18.8 Å². The number of carbonyl (C=O) groups excluding carboxylic acids is 4. The number of allylic oxidation sites excluding steroid dienone is 1. The molecule has 0 spiro atoms. The summed E-state index contributed by atoms with van der Waals surface area (Å²) in [5, 5.41) is 22.1. The number of fused-ring (bicyclic) bond motifs is 1. The molecule has 0 aromatic heterocycles. The monoisotopic (exact) mass is 1010 g/mol. The van der Waals surface area contributed by atoms with E-state index >= 15 is 0 Å². The first-order valence-corrected chi connectivity index (χ1v) is 25.7. The van der Waals surface area contributed by atoms with Crippen LogP contribution in [0.4, 0.5) is 4.39 Å². The molecule has 4 aliphatic rings. The van der Waals surface area contributed by atoms with Crippen molar-refractivity contribution in [2.45, 2.75) is 129 Å². The maximum atomic E-state index is 14.4. The number of halogens is 2. The van der Waals surface area contributed by atoms with Crippen molar-refractivity contribution in [3.8, 4) is 5.75 Å². The number of thioether (sulfide) groups is 1. The molecule has 2 heterocycles. The number of hydrogen-bond donors (Lipinski definition) is 5. The second-order valence-corrected chi connectivity index (χ2v) is 22.3. The molecule has 17 heteroatoms. The molecule has 1 saturated carbocycles. The molecule has 6 atom stereocenters. The summed E-state index contributed by atoms with van der Waals surface area (Å²) >= 11 is 1.72. The molecule has 1 saturated heterocycles. The van der Waals surface area contributed by atoms with Gasteiger partial charge in [0.1, 0.15) is 6.04 Å². The van der Waals surface area contributed by atoms with Gasteiger partial charge >= 0.3 is 177 Å². The van der Waals surface area contributed by atoms with Gasteiger partial charge in [-0.05, 0) is 55.9 Å². The van der Waals surface area contributed by atoms with Crippen molar-refractivity contribution in [3.05, 3.63) is 84.5 Å². The first kappa shape index (κ1) is 52.6. The number of rotatable bonds is 12. The van der Waals surface area contributed by atoms with E-state index in [0.29, 0.717) is 43.7 Å². The number of nitrogens with one attached hydrogen (secondary N) is 4. The van der Waals surface area contributed by atoms with Crippen LogP contribution < -0.4 is 60.7 Å². The maximum absolute atomic E-state index is 14.4. The number of benzene rings is 2. The van der Waals surface area contributed by atoms with E-state index in [9.17, 15) is 37.1 Å². The van der Waals surface area contributed by atoms with E-state index in [4.69, 9.17) is 0 Å². The first-order valence-electron chi connectivity index (χ1n) is 21.4. The van der Waals surface area contributed by atoms with E-state index < -0.39 is 40.1 Å². The van der Waals surface area contributed by atoms with Crippen LogP contribution in [0.5, 0.6) is 5.75 Å². The zero-order chi connectivity index (χ0) is 45.1. The van der Waals surface area contributed by atoms with Gasteiger partial charge in [0.05, 0.1) is 5.91 Å². The van der Waals surface area contributed by atoms with Gasteiger partial charge in [-0.1, -0.05) is 40.0 Å². The number of phenols is 1. The molecule has 2 fully saturated rings. The van der Waals surface area contributed by atoms with Gasteiger partial charge in [-0.15, -0.1) is 23.3 Å². The predicted octanol–water partition coefficient (Wildman–Crippen LogP) is 0.925. The van der Waals surface area contributed by atoms with Gasteiger partial charge in [0.15, 0.2) is 0 Å². The molecule has 2 aromatic rings. The van der Waals surface area contributed by atoms with Gasteiger partial charge in [-0.25, -0.2) is 4.39 Å². The fourth-order valence-corrected chi connectivity index (χ4v) is 12.4. The average molecular weight is 1010 g/mol. The summed E-state index contributed by atoms with van der Waals surface area (Å²) in [4.78, 5) is 54.2. The Hall–Kier alpha value is -3.01. The topological polar surface area (TPSA) is 174 Å². The Labute approximate surface area is 401 Å². The number of amides is 4. The molecule has 0 bridgehead atoms. The summed E-state index contributed by atoms with van der Waals surface area (Å²) in [5.74, 6) is -1.20. The normalized spacial score (nSPS) is 22.2. The Bertz CT molecular complexity index is 2070. The van der Waals surface area contributed by atoms with E-state index in [2.05, 4.69) is 69.6 Å². The molecular weight excluding hydrogens is 952 g/mol. The summed E-state index contributed by atoms with van der Waals surface area (Å²) in [5.41, 5.74) is 3.22. The minimum absolute atomic E-state index is 0. The quantitative estimate of drug-likeness (QED) is 0.0682. The summed E-state index contributed by atoms with van der Waals surface area (Å²) in [6, 6.07) is 11.2. The molecule has 342 valence electrons. The summed E-state index contributed by atoms with van der Waals surface area (Å²) in [6.07, 6.45) is 8.94. The smallest absolute Gasteiger partial charge is 0.416 e. The van der Waals surface area contributed by atoms with Gasteiger partial charge in [-0.2, -0.15) is 0 Å². The first-order chi connectivity index (χ1) is 29.4. The van der Waals surface area contributed by atoms with E-state index in [1.807, 2.05) is 27.7 Å². The van der Waals surface area contributed by atoms with Crippen LogP contribution in [0, 0.1) is 36.1 Å². The fraction of sp³-hybridized carbons (Fsp3) is 0.543. The van der Waals surface area contributed by atoms with Crippen molar-refractivity contribution >= 4 is 51.2 Å². The third kappa shape index (κ3) is 15.6. The van der Waals surface area contributed by atoms with Crippen LogP contribution in [0.1, 0.15) is 121 Å². The Morgan fingerprint density at radius 2 is 1.76 bits per heavy atom. The van der Waals surface area contributed by atoms with Gasteiger partial charge in [0.2, 0.25) is 5.91 Å². The Balaban J connectivity index is 0.00000100. The van der Waals surface area contributed by atoms with Gasteiger partial charge < -0.3 is 40.6 Å². The Morgan fingerprint density at radius 3 is 2.41 bits per heavy atom. The molecule has 0 radical (unpaired) electrons. The van der Waals surface area contributed by atoms with Crippen molar-refractivity contribution in [1.29, 1.82) is 0 Å². The van der Waals surface area contributed by atoms with E-state index in [0.717, 1.165) is 62.6 Å². The van der Waals surface area contributed by atoms with Gasteiger partial charge in [0.25, 0.3) is 0 Å². The molecule has 2 aliphatic carbocycles. The number of hydrogen-bond acceptors (Lipinski definition) is 10. The number of nitrogens with zero attached hydrogens (tertiary/aromatic N) is 1. The SMILES string of the molecule is CC1=C(c2ccc([C@H](C)NC(=O)[C@@H]3CCCN3C(=O)[C@@H](NC(=O)CC3CCCC(CN[C@H]4CCCc5c(F)[c-]c(O)cc5C4)C3)C(C)(C)C)cc2)SC=C[I-]1.[CH2-]C(=O)N[S-](=O)=O.[Li+]. The Morgan fingerprint density at radius 1 is 1.05 bits per heavy atom. The molecular formula is C46H61FILiN5O7S2-3. The third-order valence-electron chi connectivity index (χ3n) is 12.0. The summed E-state index contributed by atoms with van der Waals surface area (Å²) in [7, 11) is -2.51. The molecule has 2 aromatic carbocycles. The fourth-order valence-electron chi connectivity index (χ4n) is 8.86. The van der Waals surface area contributed by atoms with Crippen molar-refractivity contribution in [1.82, 2.24) is 25.6 Å². The second-order valence-electron chi connectivity index (χ2n) is 17.8. The van der Waals surface area contributed by atoms with Crippen LogP contribution in [0.25, 0.3) is 4.91 Å². The number of phenolic OH excluding ortho intramolecular Hbond substituents is 1. The molecule has 2 unspecified atom stereocenters. The second kappa shape index (κ2) is 24.5. The number of likely N-dealkylation sites (tertiary alicyclic amines) is 1. The maximum Gasteiger partial charge on any atom is 1.00 e. The predicted molar refractivity (Wildman–Crippen MR) is 236 cm³/mol. The Kier molecular flexibility index (Phi) is 20.5. The van der Waals surface area contributed by atoms with Crippen LogP contribution in [0.15, 0.2) is 43.4 Å². The van der Waals surface area contributed by atoms with E-state index in [-0.39, 0.29) is 81.5 Å². The summed E-state index contributed by atoms with van der Waals surface area (Å²) < 4.78 is 38.5. The minimum Gasteiger partial charge on any atom is -0.416 e. The minimum atomic E-state index is -2.51. The zero-order valence-electron chi connectivity index (χ0n) is 37.3. The van der Waals surface area contributed by atoms with Crippen molar-refractivity contribution in [3.63, 3.8) is 0 Å². The third-order valence-corrected chi connectivity index (χ3v) is 16.5. The molecule has 63 heavy (non-hydrogen) atoms. The van der Waals surface area contributed by atoms with Crippen LogP contribution in [-0.2, 0) is 51.3 Å². The average Bonchev–Trinajstić information content (AvgIpc) is 3.61. The van der Waals surface area contributed by atoms with Crippen molar-refractivity contribution in [2.24, 2.45) is 17.3 Å². The van der Waals surface area contributed by atoms with Crippen molar-refractivity contribution < 1.29 is 77.2 Å². The van der Waals surface area contributed by atoms with Crippen LogP contribution in [0.3, 0.4) is 0 Å². The van der Waals surface area contributed by atoms with Crippen molar-refractivity contribution in [2.75, 3.05) is 13.1 Å². The number of carbonyl (C=O) groups is 4. The molecule has 6 rings (SSSR count). The van der Waals surface area contributed by atoms with Crippen LogP contribution >= 0.6 is 11.8 Å². The number of aromatic hydroxyl groups is 1. The standard InChI is InChI=1S/C44H58FIN4O4S.C2H3NO3S.Li/c1-27-40(55-20-18-46-27)32-16-14-31(15-17-32)28(2)48-42(53)38-13-8-19-50(38)43(54)41(44(3,4)5)49-39(52)22-29-9-6-10-30(21-29)26-47-34-11-7-12-36-33(23-34)24-35(51)25-37(36)45;1-2(4)3-7(5)6;/h14-18,20,24,28-30,34,38,41,47,51H,6-13,19,21-23,26H2,1-5H3,(H,48,53)(H,49,52);1H2,(H,3,4,5,6);/q2*-2;+1/t28-,29?,30?,34-,38-,41+;;/m0../s1. The largest absolute Gasteiger partial charge is 1.00 e. The molecule has 12 nitrogen and oxygen atoms in total. The molecule has 2 aliphatic heterocycles.